The fourth-order valence-electron chi connectivity index (χ4n) is 2.98. The molecule has 0 aliphatic carbocycles. The zero-order chi connectivity index (χ0) is 14.7. The lowest BCUT2D eigenvalue weighted by Gasteiger charge is -2.34. The number of amides is 1. The van der Waals surface area contributed by atoms with Crippen LogP contribution in [-0.4, -0.2) is 71.4 Å². The number of likely N-dealkylation sites (tertiary alicyclic amines) is 1. The maximum Gasteiger partial charge on any atom is 0.236 e. The van der Waals surface area contributed by atoms with Crippen molar-refractivity contribution in [2.75, 3.05) is 51.5 Å². The number of carbonyl (C=O) groups is 1. The number of carbonyl (C=O) groups excluding carboxylic acids is 1. The van der Waals surface area contributed by atoms with Crippen molar-refractivity contribution in [1.29, 1.82) is 0 Å². The van der Waals surface area contributed by atoms with Crippen molar-refractivity contribution in [3.8, 4) is 0 Å². The van der Waals surface area contributed by atoms with Gasteiger partial charge in [-0.25, -0.2) is 4.98 Å². The molecular formula is C14H23N5OS. The van der Waals surface area contributed by atoms with Gasteiger partial charge in [-0.3, -0.25) is 14.6 Å². The zero-order valence-electron chi connectivity index (χ0n) is 12.3. The smallest absolute Gasteiger partial charge is 0.236 e. The normalized spacial score (nSPS) is 21.0. The quantitative estimate of drug-likeness (QED) is 0.875. The molecule has 0 atom stereocenters. The minimum absolute atomic E-state index is 0.302. The first kappa shape index (κ1) is 14.7. The summed E-state index contributed by atoms with van der Waals surface area (Å²) in [5.74, 6) is 0.302. The van der Waals surface area contributed by atoms with Crippen molar-refractivity contribution < 1.29 is 4.79 Å². The van der Waals surface area contributed by atoms with Crippen LogP contribution in [-0.2, 0) is 11.3 Å². The number of aromatic nitrogens is 1. The van der Waals surface area contributed by atoms with Crippen LogP contribution < -0.4 is 5.73 Å². The summed E-state index contributed by atoms with van der Waals surface area (Å²) < 4.78 is 0. The third-order valence-electron chi connectivity index (χ3n) is 4.23. The third-order valence-corrected chi connectivity index (χ3v) is 5.04. The van der Waals surface area contributed by atoms with Gasteiger partial charge in [0.15, 0.2) is 5.13 Å². The lowest BCUT2D eigenvalue weighted by molar-refractivity contribution is -0.131. The van der Waals surface area contributed by atoms with Crippen LogP contribution in [0.15, 0.2) is 6.20 Å². The molecule has 7 heteroatoms. The SMILES string of the molecule is Nc1ncc(CN2CCN(CC(=O)N3CCCC3)CC2)s1. The van der Waals surface area contributed by atoms with Crippen LogP contribution in [0.25, 0.3) is 0 Å². The van der Waals surface area contributed by atoms with Crippen LogP contribution in [0.4, 0.5) is 5.13 Å². The Morgan fingerprint density at radius 3 is 2.43 bits per heavy atom. The Morgan fingerprint density at radius 2 is 1.81 bits per heavy atom. The van der Waals surface area contributed by atoms with E-state index in [1.54, 1.807) is 11.3 Å². The summed E-state index contributed by atoms with van der Waals surface area (Å²) in [4.78, 5) is 24.1. The van der Waals surface area contributed by atoms with Crippen LogP contribution in [0.2, 0.25) is 0 Å². The Hall–Kier alpha value is -1.18. The number of nitrogen functional groups attached to an aromatic ring is 1. The Kier molecular flexibility index (Phi) is 4.72. The first-order chi connectivity index (χ1) is 10.2. The molecule has 116 valence electrons. The van der Waals surface area contributed by atoms with Gasteiger partial charge in [0.2, 0.25) is 5.91 Å². The second-order valence-electron chi connectivity index (χ2n) is 5.81. The van der Waals surface area contributed by atoms with Gasteiger partial charge < -0.3 is 10.6 Å². The predicted molar refractivity (Wildman–Crippen MR) is 84.1 cm³/mol. The Balaban J connectivity index is 1.41. The number of thiazole rings is 1. The van der Waals surface area contributed by atoms with Crippen LogP contribution in [0.3, 0.4) is 0 Å². The topological polar surface area (TPSA) is 65.7 Å². The minimum atomic E-state index is 0.302. The lowest BCUT2D eigenvalue weighted by Crippen LogP contribution is -2.49. The van der Waals surface area contributed by atoms with E-state index in [1.165, 1.54) is 4.88 Å². The van der Waals surface area contributed by atoms with Crippen molar-refractivity contribution >= 4 is 22.4 Å². The fraction of sp³-hybridized carbons (Fsp3) is 0.714. The van der Waals surface area contributed by atoms with Gasteiger partial charge in [-0.15, -0.1) is 11.3 Å². The van der Waals surface area contributed by atoms with Crippen molar-refractivity contribution in [3.05, 3.63) is 11.1 Å². The molecule has 1 amide bonds. The highest BCUT2D eigenvalue weighted by atomic mass is 32.1. The van der Waals surface area contributed by atoms with Crippen molar-refractivity contribution in [1.82, 2.24) is 19.7 Å². The molecule has 1 aromatic heterocycles. The van der Waals surface area contributed by atoms with Gasteiger partial charge in [-0.05, 0) is 12.8 Å². The van der Waals surface area contributed by atoms with Gasteiger partial charge >= 0.3 is 0 Å². The molecule has 0 saturated carbocycles. The fourth-order valence-corrected chi connectivity index (χ4v) is 3.71. The van der Waals surface area contributed by atoms with E-state index in [4.69, 9.17) is 5.73 Å². The number of hydrogen-bond acceptors (Lipinski definition) is 6. The second-order valence-corrected chi connectivity index (χ2v) is 6.95. The molecule has 2 aliphatic heterocycles. The van der Waals surface area contributed by atoms with E-state index in [0.29, 0.717) is 17.6 Å². The Labute approximate surface area is 129 Å². The van der Waals surface area contributed by atoms with E-state index >= 15 is 0 Å². The highest BCUT2D eigenvalue weighted by Gasteiger charge is 2.23. The lowest BCUT2D eigenvalue weighted by atomic mass is 10.3. The van der Waals surface area contributed by atoms with Crippen molar-refractivity contribution in [2.45, 2.75) is 19.4 Å². The molecule has 6 nitrogen and oxygen atoms in total. The summed E-state index contributed by atoms with van der Waals surface area (Å²) in [5, 5.41) is 0.639. The van der Waals surface area contributed by atoms with E-state index in [2.05, 4.69) is 14.8 Å². The van der Waals surface area contributed by atoms with Gasteiger partial charge in [-0.1, -0.05) is 0 Å². The van der Waals surface area contributed by atoms with E-state index < -0.39 is 0 Å². The minimum Gasteiger partial charge on any atom is -0.375 e. The monoisotopic (exact) mass is 309 g/mol. The van der Waals surface area contributed by atoms with E-state index in [9.17, 15) is 4.79 Å². The molecule has 2 N–H and O–H groups in total. The maximum atomic E-state index is 12.1. The Bertz CT molecular complexity index is 477. The average Bonchev–Trinajstić information content (AvgIpc) is 3.13. The summed E-state index contributed by atoms with van der Waals surface area (Å²) in [6.07, 6.45) is 4.19. The molecule has 2 saturated heterocycles. The number of nitrogens with zero attached hydrogens (tertiary/aromatic N) is 4. The average molecular weight is 309 g/mol. The van der Waals surface area contributed by atoms with E-state index in [1.807, 2.05) is 11.1 Å². The molecule has 0 radical (unpaired) electrons. The van der Waals surface area contributed by atoms with Crippen molar-refractivity contribution in [3.63, 3.8) is 0 Å². The number of hydrogen-bond donors (Lipinski definition) is 1. The first-order valence-electron chi connectivity index (χ1n) is 7.63. The Morgan fingerprint density at radius 1 is 1.14 bits per heavy atom. The third kappa shape index (κ3) is 3.93. The molecule has 3 heterocycles. The highest BCUT2D eigenvalue weighted by Crippen LogP contribution is 2.17. The molecule has 0 spiro atoms. The molecule has 0 aromatic carbocycles. The highest BCUT2D eigenvalue weighted by molar-refractivity contribution is 7.15. The number of piperazine rings is 1. The van der Waals surface area contributed by atoms with Crippen LogP contribution in [0, 0.1) is 0 Å². The number of rotatable bonds is 4. The summed E-state index contributed by atoms with van der Waals surface area (Å²) in [7, 11) is 0. The molecule has 1 aromatic rings. The standard InChI is InChI=1S/C14H23N5OS/c15-14-16-9-12(21-14)10-17-5-7-18(8-6-17)11-13(20)19-3-1-2-4-19/h9H,1-8,10-11H2,(H2,15,16). The molecule has 21 heavy (non-hydrogen) atoms. The first-order valence-corrected chi connectivity index (χ1v) is 8.45. The summed E-state index contributed by atoms with van der Waals surface area (Å²) in [6, 6.07) is 0. The predicted octanol–water partition coefficient (Wildman–Crippen LogP) is 0.465. The van der Waals surface area contributed by atoms with Gasteiger partial charge in [0, 0.05) is 56.9 Å². The molecule has 3 rings (SSSR count). The molecule has 2 aliphatic rings. The number of nitrogens with two attached hydrogens (primary N) is 1. The largest absolute Gasteiger partial charge is 0.375 e. The molecule has 0 bridgehead atoms. The molecular weight excluding hydrogens is 286 g/mol. The van der Waals surface area contributed by atoms with Crippen LogP contribution >= 0.6 is 11.3 Å². The van der Waals surface area contributed by atoms with Gasteiger partial charge in [0.05, 0.1) is 6.54 Å². The van der Waals surface area contributed by atoms with Gasteiger partial charge in [0.1, 0.15) is 0 Å². The summed E-state index contributed by atoms with van der Waals surface area (Å²) in [5.41, 5.74) is 5.66. The maximum absolute atomic E-state index is 12.1. The summed E-state index contributed by atoms with van der Waals surface area (Å²) >= 11 is 1.56. The summed E-state index contributed by atoms with van der Waals surface area (Å²) in [6.45, 7) is 7.35. The van der Waals surface area contributed by atoms with E-state index in [0.717, 1.165) is 58.7 Å². The van der Waals surface area contributed by atoms with Gasteiger partial charge in [-0.2, -0.15) is 0 Å². The van der Waals surface area contributed by atoms with Crippen LogP contribution in [0.1, 0.15) is 17.7 Å². The molecule has 2 fully saturated rings. The second kappa shape index (κ2) is 6.72. The molecule has 0 unspecified atom stereocenters. The van der Waals surface area contributed by atoms with Crippen molar-refractivity contribution in [2.24, 2.45) is 0 Å². The van der Waals surface area contributed by atoms with E-state index in [-0.39, 0.29) is 0 Å². The van der Waals surface area contributed by atoms with Crippen LogP contribution in [0.5, 0.6) is 0 Å². The zero-order valence-corrected chi connectivity index (χ0v) is 13.1. The number of anilines is 1. The van der Waals surface area contributed by atoms with Gasteiger partial charge in [0.25, 0.3) is 0 Å².